The first kappa shape index (κ1) is 18.1. The molecule has 1 aromatic carbocycles. The van der Waals surface area contributed by atoms with E-state index in [2.05, 4.69) is 9.88 Å². The lowest BCUT2D eigenvalue weighted by Gasteiger charge is -2.34. The van der Waals surface area contributed by atoms with Crippen molar-refractivity contribution < 1.29 is 13.9 Å². The Kier molecular flexibility index (Phi) is 5.20. The number of carbonyl (C=O) groups excluding carboxylic acids is 1. The Bertz CT molecular complexity index is 929. The molecule has 8 heteroatoms. The van der Waals surface area contributed by atoms with Crippen LogP contribution in [0.15, 0.2) is 35.8 Å². The summed E-state index contributed by atoms with van der Waals surface area (Å²) in [6.45, 7) is 4.73. The SMILES string of the molecule is COCCN1CCN(C(=O)c2csc3nc(-c4ccc(F)cc4)cn23)CC1. The topological polar surface area (TPSA) is 50.1 Å². The highest BCUT2D eigenvalue weighted by molar-refractivity contribution is 7.15. The van der Waals surface area contributed by atoms with Crippen LogP contribution in [0, 0.1) is 5.82 Å². The molecule has 3 aromatic rings. The van der Waals surface area contributed by atoms with E-state index < -0.39 is 0 Å². The van der Waals surface area contributed by atoms with Crippen LogP contribution in [0.25, 0.3) is 16.2 Å². The number of amides is 1. The summed E-state index contributed by atoms with van der Waals surface area (Å²) in [5.41, 5.74) is 2.19. The normalized spacial score (nSPS) is 15.6. The molecule has 6 nitrogen and oxygen atoms in total. The van der Waals surface area contributed by atoms with E-state index in [1.165, 1.54) is 23.5 Å². The number of thiazole rings is 1. The lowest BCUT2D eigenvalue weighted by atomic mass is 10.2. The molecule has 1 aliphatic rings. The molecule has 0 bridgehead atoms. The number of hydrogen-bond donors (Lipinski definition) is 0. The van der Waals surface area contributed by atoms with E-state index in [4.69, 9.17) is 4.74 Å². The lowest BCUT2D eigenvalue weighted by molar-refractivity contribution is 0.0588. The summed E-state index contributed by atoms with van der Waals surface area (Å²) >= 11 is 1.44. The summed E-state index contributed by atoms with van der Waals surface area (Å²) in [5, 5.41) is 1.86. The zero-order chi connectivity index (χ0) is 18.8. The first-order chi connectivity index (χ1) is 13.2. The van der Waals surface area contributed by atoms with Crippen molar-refractivity contribution in [3.05, 3.63) is 47.4 Å². The molecule has 1 amide bonds. The molecule has 0 aliphatic carbocycles. The first-order valence-electron chi connectivity index (χ1n) is 8.89. The van der Waals surface area contributed by atoms with E-state index in [1.807, 2.05) is 20.9 Å². The second-order valence-corrected chi connectivity index (χ2v) is 7.37. The van der Waals surface area contributed by atoms with Gasteiger partial charge in [-0.3, -0.25) is 14.1 Å². The van der Waals surface area contributed by atoms with Gasteiger partial charge in [0.1, 0.15) is 11.5 Å². The highest BCUT2D eigenvalue weighted by Gasteiger charge is 2.24. The summed E-state index contributed by atoms with van der Waals surface area (Å²) in [5.74, 6) is -0.254. The molecule has 4 rings (SSSR count). The molecule has 3 heterocycles. The summed E-state index contributed by atoms with van der Waals surface area (Å²) in [6.07, 6.45) is 1.85. The quantitative estimate of drug-likeness (QED) is 0.674. The number of rotatable bonds is 5. The van der Waals surface area contributed by atoms with Crippen molar-refractivity contribution in [3.8, 4) is 11.3 Å². The van der Waals surface area contributed by atoms with Gasteiger partial charge in [-0.05, 0) is 24.3 Å². The number of nitrogens with zero attached hydrogens (tertiary/aromatic N) is 4. The average Bonchev–Trinajstić information content (AvgIpc) is 3.27. The number of piperazine rings is 1. The monoisotopic (exact) mass is 388 g/mol. The molecule has 0 unspecified atom stereocenters. The molecule has 0 saturated carbocycles. The maximum Gasteiger partial charge on any atom is 0.271 e. The van der Waals surface area contributed by atoms with E-state index in [9.17, 15) is 9.18 Å². The van der Waals surface area contributed by atoms with E-state index >= 15 is 0 Å². The molecular weight excluding hydrogens is 367 g/mol. The number of ether oxygens (including phenoxy) is 1. The molecule has 0 spiro atoms. The summed E-state index contributed by atoms with van der Waals surface area (Å²) in [6, 6.07) is 6.22. The van der Waals surface area contributed by atoms with E-state index in [-0.39, 0.29) is 11.7 Å². The molecule has 1 saturated heterocycles. The van der Waals surface area contributed by atoms with Gasteiger partial charge in [-0.1, -0.05) is 0 Å². The van der Waals surface area contributed by atoms with Gasteiger partial charge in [0.15, 0.2) is 4.96 Å². The fraction of sp³-hybridized carbons (Fsp3) is 0.368. The lowest BCUT2D eigenvalue weighted by Crippen LogP contribution is -2.49. The number of imidazole rings is 1. The third-order valence-electron chi connectivity index (χ3n) is 4.84. The number of halogens is 1. The largest absolute Gasteiger partial charge is 0.383 e. The van der Waals surface area contributed by atoms with Crippen molar-refractivity contribution in [3.63, 3.8) is 0 Å². The summed E-state index contributed by atoms with van der Waals surface area (Å²) < 4.78 is 20.1. The minimum atomic E-state index is -0.278. The molecule has 27 heavy (non-hydrogen) atoms. The third kappa shape index (κ3) is 3.73. The Labute approximate surface area is 160 Å². The van der Waals surface area contributed by atoms with Gasteiger partial charge in [0, 0.05) is 57.0 Å². The first-order valence-corrected chi connectivity index (χ1v) is 9.77. The smallest absolute Gasteiger partial charge is 0.271 e. The van der Waals surface area contributed by atoms with E-state index in [1.54, 1.807) is 19.2 Å². The average molecular weight is 388 g/mol. The van der Waals surface area contributed by atoms with Gasteiger partial charge in [0.2, 0.25) is 0 Å². The molecule has 0 radical (unpaired) electrons. The van der Waals surface area contributed by atoms with Crippen molar-refractivity contribution in [1.29, 1.82) is 0 Å². The van der Waals surface area contributed by atoms with Crippen LogP contribution in [0.5, 0.6) is 0 Å². The molecule has 2 aromatic heterocycles. The maximum atomic E-state index is 13.1. The maximum absolute atomic E-state index is 13.1. The predicted octanol–water partition coefficient (Wildman–Crippen LogP) is 2.61. The number of benzene rings is 1. The highest BCUT2D eigenvalue weighted by Crippen LogP contribution is 2.24. The minimum absolute atomic E-state index is 0.0238. The second kappa shape index (κ2) is 7.75. The van der Waals surface area contributed by atoms with Crippen LogP contribution in [-0.4, -0.2) is 71.5 Å². The fourth-order valence-corrected chi connectivity index (χ4v) is 4.10. The van der Waals surface area contributed by atoms with Crippen LogP contribution in [0.3, 0.4) is 0 Å². The van der Waals surface area contributed by atoms with Crippen molar-refractivity contribution >= 4 is 22.2 Å². The van der Waals surface area contributed by atoms with Crippen LogP contribution >= 0.6 is 11.3 Å². The van der Waals surface area contributed by atoms with Gasteiger partial charge in [-0.25, -0.2) is 9.37 Å². The van der Waals surface area contributed by atoms with Crippen molar-refractivity contribution in [2.75, 3.05) is 46.4 Å². The molecule has 0 atom stereocenters. The number of methoxy groups -OCH3 is 1. The predicted molar refractivity (Wildman–Crippen MR) is 103 cm³/mol. The van der Waals surface area contributed by atoms with Gasteiger partial charge >= 0.3 is 0 Å². The van der Waals surface area contributed by atoms with Crippen molar-refractivity contribution in [1.82, 2.24) is 19.2 Å². The molecule has 0 N–H and O–H groups in total. The van der Waals surface area contributed by atoms with Crippen LogP contribution < -0.4 is 0 Å². The molecular formula is C19H21FN4O2S. The Balaban J connectivity index is 1.50. The molecule has 142 valence electrons. The van der Waals surface area contributed by atoms with E-state index in [0.717, 1.165) is 35.9 Å². The number of aromatic nitrogens is 2. The van der Waals surface area contributed by atoms with Gasteiger partial charge in [0.05, 0.1) is 12.3 Å². The van der Waals surface area contributed by atoms with Crippen molar-refractivity contribution in [2.24, 2.45) is 0 Å². The third-order valence-corrected chi connectivity index (χ3v) is 5.68. The van der Waals surface area contributed by atoms with Crippen molar-refractivity contribution in [2.45, 2.75) is 0 Å². The summed E-state index contributed by atoms with van der Waals surface area (Å²) in [7, 11) is 1.70. The number of hydrogen-bond acceptors (Lipinski definition) is 5. The zero-order valence-corrected chi connectivity index (χ0v) is 15.9. The Morgan fingerprint density at radius 2 is 1.96 bits per heavy atom. The van der Waals surface area contributed by atoms with Crippen LogP contribution in [0.4, 0.5) is 4.39 Å². The van der Waals surface area contributed by atoms with E-state index in [0.29, 0.717) is 25.4 Å². The fourth-order valence-electron chi connectivity index (χ4n) is 3.25. The Morgan fingerprint density at radius 1 is 1.22 bits per heavy atom. The van der Waals surface area contributed by atoms with Gasteiger partial charge < -0.3 is 9.64 Å². The molecule has 1 fully saturated rings. The van der Waals surface area contributed by atoms with Gasteiger partial charge in [-0.15, -0.1) is 11.3 Å². The minimum Gasteiger partial charge on any atom is -0.383 e. The highest BCUT2D eigenvalue weighted by atomic mass is 32.1. The van der Waals surface area contributed by atoms with Crippen LogP contribution in [0.2, 0.25) is 0 Å². The Hall–Kier alpha value is -2.29. The molecule has 1 aliphatic heterocycles. The number of fused-ring (bicyclic) bond motifs is 1. The van der Waals surface area contributed by atoms with Crippen LogP contribution in [-0.2, 0) is 4.74 Å². The Morgan fingerprint density at radius 3 is 2.67 bits per heavy atom. The number of carbonyl (C=O) groups is 1. The van der Waals surface area contributed by atoms with Gasteiger partial charge in [-0.2, -0.15) is 0 Å². The standard InChI is InChI=1S/C19H21FN4O2S/c1-26-11-10-22-6-8-23(9-7-22)18(25)17-13-27-19-21-16(12-24(17)19)14-2-4-15(20)5-3-14/h2-5,12-13H,6-11H2,1H3. The summed E-state index contributed by atoms with van der Waals surface area (Å²) in [4.78, 5) is 22.5. The zero-order valence-electron chi connectivity index (χ0n) is 15.1. The van der Waals surface area contributed by atoms with Gasteiger partial charge in [0.25, 0.3) is 5.91 Å². The second-order valence-electron chi connectivity index (χ2n) is 6.53. The van der Waals surface area contributed by atoms with Crippen LogP contribution in [0.1, 0.15) is 10.5 Å².